The van der Waals surface area contributed by atoms with Gasteiger partial charge in [-0.1, -0.05) is 28.9 Å². The summed E-state index contributed by atoms with van der Waals surface area (Å²) in [6.07, 6.45) is 1.87. The van der Waals surface area contributed by atoms with E-state index in [1.54, 1.807) is 0 Å². The fourth-order valence-electron chi connectivity index (χ4n) is 2.49. The number of ether oxygens (including phenoxy) is 1. The van der Waals surface area contributed by atoms with Crippen molar-refractivity contribution in [2.45, 2.75) is 18.8 Å². The van der Waals surface area contributed by atoms with Gasteiger partial charge in [-0.05, 0) is 30.5 Å². The molecule has 0 saturated carbocycles. The number of hydrogen-bond donors (Lipinski definition) is 1. The van der Waals surface area contributed by atoms with Crippen LogP contribution in [0.25, 0.3) is 11.1 Å². The van der Waals surface area contributed by atoms with Crippen LogP contribution in [0.2, 0.25) is 5.02 Å². The lowest BCUT2D eigenvalue weighted by molar-refractivity contribution is 0.0792. The SMILES string of the molecule is Nc1noc(C2CCOCC2)c1-c1cccc(Cl)c1. The molecular weight excluding hydrogens is 264 g/mol. The van der Waals surface area contributed by atoms with Crippen LogP contribution in [0.1, 0.15) is 24.5 Å². The van der Waals surface area contributed by atoms with E-state index in [9.17, 15) is 0 Å². The second kappa shape index (κ2) is 5.23. The van der Waals surface area contributed by atoms with Crippen LogP contribution >= 0.6 is 11.6 Å². The average molecular weight is 279 g/mol. The molecule has 5 heteroatoms. The lowest BCUT2D eigenvalue weighted by Gasteiger charge is -2.20. The summed E-state index contributed by atoms with van der Waals surface area (Å²) in [4.78, 5) is 0. The van der Waals surface area contributed by atoms with Crippen LogP contribution < -0.4 is 5.73 Å². The first-order valence-electron chi connectivity index (χ1n) is 6.34. The van der Waals surface area contributed by atoms with E-state index in [1.807, 2.05) is 24.3 Å². The number of aromatic nitrogens is 1. The van der Waals surface area contributed by atoms with Crippen LogP contribution in [0.5, 0.6) is 0 Å². The Morgan fingerprint density at radius 1 is 1.26 bits per heavy atom. The maximum absolute atomic E-state index is 6.04. The predicted molar refractivity (Wildman–Crippen MR) is 74.2 cm³/mol. The number of nitrogens with zero attached hydrogens (tertiary/aromatic N) is 1. The molecule has 100 valence electrons. The third-order valence-corrected chi connectivity index (χ3v) is 3.69. The molecule has 1 aromatic carbocycles. The average Bonchev–Trinajstić information content (AvgIpc) is 2.82. The van der Waals surface area contributed by atoms with E-state index in [1.165, 1.54) is 0 Å². The van der Waals surface area contributed by atoms with Gasteiger partial charge in [0.25, 0.3) is 0 Å². The fourth-order valence-corrected chi connectivity index (χ4v) is 2.68. The molecule has 0 unspecified atom stereocenters. The zero-order chi connectivity index (χ0) is 13.2. The zero-order valence-corrected chi connectivity index (χ0v) is 11.2. The molecule has 19 heavy (non-hydrogen) atoms. The van der Waals surface area contributed by atoms with Gasteiger partial charge in [-0.2, -0.15) is 0 Å². The molecule has 3 rings (SSSR count). The molecule has 0 bridgehead atoms. The summed E-state index contributed by atoms with van der Waals surface area (Å²) in [5, 5.41) is 4.59. The van der Waals surface area contributed by atoms with Crippen molar-refractivity contribution >= 4 is 17.4 Å². The molecule has 2 heterocycles. The van der Waals surface area contributed by atoms with Crippen molar-refractivity contribution in [2.24, 2.45) is 0 Å². The van der Waals surface area contributed by atoms with E-state index in [-0.39, 0.29) is 0 Å². The van der Waals surface area contributed by atoms with E-state index in [2.05, 4.69) is 5.16 Å². The molecule has 1 fully saturated rings. The van der Waals surface area contributed by atoms with Gasteiger partial charge in [0.05, 0.1) is 5.56 Å². The second-order valence-corrected chi connectivity index (χ2v) is 5.14. The summed E-state index contributed by atoms with van der Waals surface area (Å²) < 4.78 is 10.8. The lowest BCUT2D eigenvalue weighted by atomic mass is 9.92. The number of halogens is 1. The van der Waals surface area contributed by atoms with E-state index in [0.717, 1.165) is 42.9 Å². The normalized spacial score (nSPS) is 16.7. The van der Waals surface area contributed by atoms with Crippen LogP contribution in [0.15, 0.2) is 28.8 Å². The van der Waals surface area contributed by atoms with Crippen molar-refractivity contribution < 1.29 is 9.26 Å². The van der Waals surface area contributed by atoms with Gasteiger partial charge in [-0.15, -0.1) is 0 Å². The molecule has 1 aliphatic heterocycles. The Kier molecular flexibility index (Phi) is 3.44. The largest absolute Gasteiger partial charge is 0.381 e. The van der Waals surface area contributed by atoms with E-state index in [0.29, 0.717) is 16.8 Å². The molecule has 2 aromatic rings. The second-order valence-electron chi connectivity index (χ2n) is 4.70. The van der Waals surface area contributed by atoms with Gasteiger partial charge in [0, 0.05) is 24.2 Å². The first-order chi connectivity index (χ1) is 9.25. The minimum Gasteiger partial charge on any atom is -0.381 e. The fraction of sp³-hybridized carbons (Fsp3) is 0.357. The zero-order valence-electron chi connectivity index (χ0n) is 10.4. The third kappa shape index (κ3) is 2.46. The van der Waals surface area contributed by atoms with Crippen molar-refractivity contribution in [3.05, 3.63) is 35.0 Å². The van der Waals surface area contributed by atoms with Gasteiger partial charge < -0.3 is 15.0 Å². The van der Waals surface area contributed by atoms with Gasteiger partial charge >= 0.3 is 0 Å². The summed E-state index contributed by atoms with van der Waals surface area (Å²) >= 11 is 6.04. The maximum atomic E-state index is 6.04. The van der Waals surface area contributed by atoms with Crippen molar-refractivity contribution in [2.75, 3.05) is 18.9 Å². The topological polar surface area (TPSA) is 61.3 Å². The molecule has 0 aliphatic carbocycles. The highest BCUT2D eigenvalue weighted by atomic mass is 35.5. The third-order valence-electron chi connectivity index (χ3n) is 3.45. The number of nitrogens with two attached hydrogens (primary N) is 1. The van der Waals surface area contributed by atoms with Crippen LogP contribution in [0, 0.1) is 0 Å². The van der Waals surface area contributed by atoms with Crippen LogP contribution in [0.3, 0.4) is 0 Å². The van der Waals surface area contributed by atoms with Gasteiger partial charge in [-0.25, -0.2) is 0 Å². The van der Waals surface area contributed by atoms with Gasteiger partial charge in [-0.3, -0.25) is 0 Å². The van der Waals surface area contributed by atoms with Crippen molar-refractivity contribution in [1.29, 1.82) is 0 Å². The number of rotatable bonds is 2. The Morgan fingerprint density at radius 2 is 2.05 bits per heavy atom. The lowest BCUT2D eigenvalue weighted by Crippen LogP contribution is -2.14. The Labute approximate surface area is 116 Å². The molecule has 1 aromatic heterocycles. The van der Waals surface area contributed by atoms with E-state index >= 15 is 0 Å². The number of hydrogen-bond acceptors (Lipinski definition) is 4. The molecule has 2 N–H and O–H groups in total. The van der Waals surface area contributed by atoms with Crippen molar-refractivity contribution in [3.63, 3.8) is 0 Å². The van der Waals surface area contributed by atoms with Gasteiger partial charge in [0.1, 0.15) is 5.76 Å². The summed E-state index contributed by atoms with van der Waals surface area (Å²) in [6.45, 7) is 1.50. The first kappa shape index (κ1) is 12.5. The minimum atomic E-state index is 0.313. The number of benzene rings is 1. The van der Waals surface area contributed by atoms with E-state index < -0.39 is 0 Å². The Bertz CT molecular complexity index is 577. The van der Waals surface area contributed by atoms with Gasteiger partial charge in [0.2, 0.25) is 0 Å². The molecule has 0 amide bonds. The first-order valence-corrected chi connectivity index (χ1v) is 6.72. The molecule has 0 atom stereocenters. The molecular formula is C14H15ClN2O2. The van der Waals surface area contributed by atoms with Crippen LogP contribution in [0.4, 0.5) is 5.82 Å². The Morgan fingerprint density at radius 3 is 2.79 bits per heavy atom. The standard InChI is InChI=1S/C14H15ClN2O2/c15-11-3-1-2-10(8-11)12-13(19-17-14(12)16)9-4-6-18-7-5-9/h1-3,8-9H,4-7H2,(H2,16,17). The Balaban J connectivity index is 2.03. The van der Waals surface area contributed by atoms with Crippen LogP contribution in [-0.2, 0) is 4.74 Å². The minimum absolute atomic E-state index is 0.313. The highest BCUT2D eigenvalue weighted by molar-refractivity contribution is 6.30. The smallest absolute Gasteiger partial charge is 0.175 e. The van der Waals surface area contributed by atoms with Crippen LogP contribution in [-0.4, -0.2) is 18.4 Å². The summed E-state index contributed by atoms with van der Waals surface area (Å²) in [7, 11) is 0. The molecule has 1 saturated heterocycles. The highest BCUT2D eigenvalue weighted by Gasteiger charge is 2.26. The molecule has 4 nitrogen and oxygen atoms in total. The quantitative estimate of drug-likeness (QED) is 0.914. The maximum Gasteiger partial charge on any atom is 0.175 e. The summed E-state index contributed by atoms with van der Waals surface area (Å²) in [6, 6.07) is 7.59. The van der Waals surface area contributed by atoms with Gasteiger partial charge in [0.15, 0.2) is 5.82 Å². The summed E-state index contributed by atoms with van der Waals surface area (Å²) in [5.41, 5.74) is 7.77. The highest BCUT2D eigenvalue weighted by Crippen LogP contribution is 2.38. The molecule has 0 spiro atoms. The Hall–Kier alpha value is -1.52. The predicted octanol–water partition coefficient (Wildman–Crippen LogP) is 3.47. The molecule has 1 aliphatic rings. The monoisotopic (exact) mass is 278 g/mol. The number of nitrogen functional groups attached to an aromatic ring is 1. The van der Waals surface area contributed by atoms with E-state index in [4.69, 9.17) is 26.6 Å². The summed E-state index contributed by atoms with van der Waals surface area (Å²) in [5.74, 6) is 1.58. The number of anilines is 1. The molecule has 0 radical (unpaired) electrons. The van der Waals surface area contributed by atoms with Crippen molar-refractivity contribution in [1.82, 2.24) is 5.16 Å². The van der Waals surface area contributed by atoms with Crippen molar-refractivity contribution in [3.8, 4) is 11.1 Å².